The lowest BCUT2D eigenvalue weighted by atomic mass is 9.77. The topological polar surface area (TPSA) is 52.7 Å². The highest BCUT2D eigenvalue weighted by atomic mass is 16.2. The molecule has 3 rings (SSSR count). The first kappa shape index (κ1) is 15.8. The molecule has 1 saturated carbocycles. The van der Waals surface area contributed by atoms with E-state index in [1.54, 1.807) is 0 Å². The van der Waals surface area contributed by atoms with Crippen LogP contribution in [0.15, 0.2) is 0 Å². The summed E-state index contributed by atoms with van der Waals surface area (Å²) in [6.07, 6.45) is 7.17. The highest BCUT2D eigenvalue weighted by molar-refractivity contribution is 6.07. The molecule has 2 saturated heterocycles. The second kappa shape index (κ2) is 5.84. The number of carbonyl (C=O) groups excluding carboxylic acids is 2. The first-order valence-electron chi connectivity index (χ1n) is 8.83. The monoisotopic (exact) mass is 307 g/mol. The van der Waals surface area contributed by atoms with Gasteiger partial charge in [-0.05, 0) is 58.3 Å². The molecule has 5 nitrogen and oxygen atoms in total. The number of carbonyl (C=O) groups is 2. The second-order valence-electron chi connectivity index (χ2n) is 7.71. The van der Waals surface area contributed by atoms with Crippen LogP contribution >= 0.6 is 0 Å². The SMILES string of the molecule is CC1CCC2(CC1)NC(=O)N(CN1C(C)CCCC1C)C2=O. The summed E-state index contributed by atoms with van der Waals surface area (Å²) in [5.74, 6) is 0.667. The van der Waals surface area contributed by atoms with Crippen LogP contribution in [0, 0.1) is 5.92 Å². The van der Waals surface area contributed by atoms with E-state index in [4.69, 9.17) is 0 Å². The normalized spacial score (nSPS) is 40.3. The average molecular weight is 307 g/mol. The molecule has 0 aromatic heterocycles. The van der Waals surface area contributed by atoms with E-state index in [0.29, 0.717) is 24.7 Å². The summed E-state index contributed by atoms with van der Waals surface area (Å²) in [4.78, 5) is 29.1. The van der Waals surface area contributed by atoms with Gasteiger partial charge in [0.2, 0.25) is 0 Å². The van der Waals surface area contributed by atoms with Gasteiger partial charge < -0.3 is 5.32 Å². The first-order valence-corrected chi connectivity index (χ1v) is 8.83. The van der Waals surface area contributed by atoms with Crippen LogP contribution in [0.2, 0.25) is 0 Å². The van der Waals surface area contributed by atoms with Crippen molar-refractivity contribution in [1.82, 2.24) is 15.1 Å². The summed E-state index contributed by atoms with van der Waals surface area (Å²) in [7, 11) is 0. The maximum Gasteiger partial charge on any atom is 0.326 e. The molecular formula is C17H29N3O2. The van der Waals surface area contributed by atoms with Gasteiger partial charge in [0, 0.05) is 12.1 Å². The van der Waals surface area contributed by atoms with Crippen molar-refractivity contribution in [2.45, 2.75) is 83.3 Å². The van der Waals surface area contributed by atoms with Crippen LogP contribution in [0.4, 0.5) is 4.79 Å². The van der Waals surface area contributed by atoms with Crippen LogP contribution in [0.3, 0.4) is 0 Å². The highest BCUT2D eigenvalue weighted by Gasteiger charge is 2.52. The van der Waals surface area contributed by atoms with Crippen LogP contribution in [-0.2, 0) is 4.79 Å². The third-order valence-electron chi connectivity index (χ3n) is 6.05. The number of nitrogens with one attached hydrogen (secondary N) is 1. The van der Waals surface area contributed by atoms with Crippen LogP contribution in [-0.4, -0.2) is 46.0 Å². The van der Waals surface area contributed by atoms with E-state index in [1.165, 1.54) is 11.3 Å². The van der Waals surface area contributed by atoms with E-state index in [-0.39, 0.29) is 11.9 Å². The molecule has 5 heteroatoms. The average Bonchev–Trinajstić information content (AvgIpc) is 2.70. The maximum atomic E-state index is 12.9. The molecule has 0 aromatic rings. The number of nitrogens with zero attached hydrogens (tertiary/aromatic N) is 2. The Kier molecular flexibility index (Phi) is 4.19. The molecular weight excluding hydrogens is 278 g/mol. The minimum absolute atomic E-state index is 0.00868. The molecule has 3 fully saturated rings. The van der Waals surface area contributed by atoms with E-state index in [1.807, 2.05) is 0 Å². The van der Waals surface area contributed by atoms with Gasteiger partial charge in [0.1, 0.15) is 5.54 Å². The molecule has 0 aromatic carbocycles. The van der Waals surface area contributed by atoms with Gasteiger partial charge in [0.25, 0.3) is 5.91 Å². The Morgan fingerprint density at radius 3 is 2.23 bits per heavy atom. The van der Waals surface area contributed by atoms with Crippen molar-refractivity contribution in [3.8, 4) is 0 Å². The third-order valence-corrected chi connectivity index (χ3v) is 6.05. The number of urea groups is 1. The first-order chi connectivity index (χ1) is 10.4. The predicted molar refractivity (Wildman–Crippen MR) is 85.2 cm³/mol. The van der Waals surface area contributed by atoms with Crippen LogP contribution in [0.1, 0.15) is 65.7 Å². The maximum absolute atomic E-state index is 12.9. The smallest absolute Gasteiger partial charge is 0.323 e. The molecule has 3 aliphatic rings. The molecule has 2 aliphatic heterocycles. The Labute approximate surface area is 133 Å². The van der Waals surface area contributed by atoms with Crippen molar-refractivity contribution in [3.63, 3.8) is 0 Å². The number of hydrogen-bond acceptors (Lipinski definition) is 3. The second-order valence-corrected chi connectivity index (χ2v) is 7.71. The van der Waals surface area contributed by atoms with E-state index in [0.717, 1.165) is 38.5 Å². The number of likely N-dealkylation sites (tertiary alicyclic amines) is 1. The quantitative estimate of drug-likeness (QED) is 0.798. The lowest BCUT2D eigenvalue weighted by Crippen LogP contribution is -2.52. The van der Waals surface area contributed by atoms with Gasteiger partial charge >= 0.3 is 6.03 Å². The standard InChI is InChI=1S/C17H29N3O2/c1-12-7-9-17(10-8-12)15(21)20(16(22)18-17)11-19-13(2)5-4-6-14(19)3/h12-14H,4-11H2,1-3H3,(H,18,22). The van der Waals surface area contributed by atoms with Crippen LogP contribution in [0.25, 0.3) is 0 Å². The molecule has 1 spiro atoms. The van der Waals surface area contributed by atoms with Gasteiger partial charge in [0.15, 0.2) is 0 Å². The Hall–Kier alpha value is -1.10. The molecule has 1 N–H and O–H groups in total. The summed E-state index contributed by atoms with van der Waals surface area (Å²) >= 11 is 0. The lowest BCUT2D eigenvalue weighted by molar-refractivity contribution is -0.135. The molecule has 124 valence electrons. The zero-order chi connectivity index (χ0) is 15.9. The van der Waals surface area contributed by atoms with Gasteiger partial charge in [-0.25, -0.2) is 9.69 Å². The molecule has 0 bridgehead atoms. The predicted octanol–water partition coefficient (Wildman–Crippen LogP) is 2.71. The van der Waals surface area contributed by atoms with Crippen molar-refractivity contribution in [2.75, 3.05) is 6.67 Å². The molecule has 22 heavy (non-hydrogen) atoms. The number of hydrogen-bond donors (Lipinski definition) is 1. The summed E-state index contributed by atoms with van der Waals surface area (Å²) in [5, 5.41) is 3.02. The fraction of sp³-hybridized carbons (Fsp3) is 0.882. The Morgan fingerprint density at radius 2 is 1.64 bits per heavy atom. The Morgan fingerprint density at radius 1 is 1.05 bits per heavy atom. The number of rotatable bonds is 2. The van der Waals surface area contributed by atoms with Gasteiger partial charge in [-0.1, -0.05) is 13.3 Å². The molecule has 0 radical (unpaired) electrons. The Bertz CT molecular complexity index is 447. The van der Waals surface area contributed by atoms with Gasteiger partial charge in [0.05, 0.1) is 6.67 Å². The summed E-state index contributed by atoms with van der Waals surface area (Å²) in [6.45, 7) is 7.08. The molecule has 2 unspecified atom stereocenters. The number of imide groups is 1. The highest BCUT2D eigenvalue weighted by Crippen LogP contribution is 2.36. The largest absolute Gasteiger partial charge is 0.326 e. The minimum Gasteiger partial charge on any atom is -0.323 e. The molecule has 3 amide bonds. The zero-order valence-corrected chi connectivity index (χ0v) is 14.1. The van der Waals surface area contributed by atoms with Crippen molar-refractivity contribution < 1.29 is 9.59 Å². The fourth-order valence-corrected chi connectivity index (χ4v) is 4.32. The summed E-state index contributed by atoms with van der Waals surface area (Å²) < 4.78 is 0. The van der Waals surface area contributed by atoms with Crippen molar-refractivity contribution >= 4 is 11.9 Å². The Balaban J connectivity index is 1.72. The lowest BCUT2D eigenvalue weighted by Gasteiger charge is -2.40. The number of piperidine rings is 1. The van der Waals surface area contributed by atoms with Crippen LogP contribution in [0.5, 0.6) is 0 Å². The summed E-state index contributed by atoms with van der Waals surface area (Å²) in [5.41, 5.74) is -0.605. The summed E-state index contributed by atoms with van der Waals surface area (Å²) in [6, 6.07) is 0.684. The molecule has 1 aliphatic carbocycles. The van der Waals surface area contributed by atoms with Gasteiger partial charge in [-0.2, -0.15) is 0 Å². The van der Waals surface area contributed by atoms with Crippen molar-refractivity contribution in [3.05, 3.63) is 0 Å². The van der Waals surface area contributed by atoms with Crippen LogP contribution < -0.4 is 5.32 Å². The van der Waals surface area contributed by atoms with Gasteiger partial charge in [-0.15, -0.1) is 0 Å². The van der Waals surface area contributed by atoms with Crippen molar-refractivity contribution in [1.29, 1.82) is 0 Å². The fourth-order valence-electron chi connectivity index (χ4n) is 4.32. The van der Waals surface area contributed by atoms with E-state index < -0.39 is 5.54 Å². The van der Waals surface area contributed by atoms with E-state index in [2.05, 4.69) is 31.0 Å². The number of amides is 3. The van der Waals surface area contributed by atoms with E-state index in [9.17, 15) is 9.59 Å². The van der Waals surface area contributed by atoms with E-state index >= 15 is 0 Å². The molecule has 2 atom stereocenters. The zero-order valence-electron chi connectivity index (χ0n) is 14.1. The molecule has 2 heterocycles. The minimum atomic E-state index is -0.605. The third kappa shape index (κ3) is 2.64. The van der Waals surface area contributed by atoms with Gasteiger partial charge in [-0.3, -0.25) is 9.69 Å². The van der Waals surface area contributed by atoms with Crippen molar-refractivity contribution in [2.24, 2.45) is 5.92 Å².